The Morgan fingerprint density at radius 2 is 1.54 bits per heavy atom. The fourth-order valence-corrected chi connectivity index (χ4v) is 5.06. The fraction of sp³-hybridized carbons (Fsp3) is 0.686. The van der Waals surface area contributed by atoms with E-state index in [2.05, 4.69) is 22.9 Å². The van der Waals surface area contributed by atoms with Crippen LogP contribution in [0.25, 0.3) is 0 Å². The van der Waals surface area contributed by atoms with Crippen LogP contribution in [0.1, 0.15) is 86.6 Å². The van der Waals surface area contributed by atoms with Gasteiger partial charge in [-0.3, -0.25) is 19.3 Å². The zero-order valence-corrected chi connectivity index (χ0v) is 30.7. The van der Waals surface area contributed by atoms with Gasteiger partial charge in [0.2, 0.25) is 11.8 Å². The Morgan fingerprint density at radius 1 is 0.917 bits per heavy atom. The average molecular weight is 677 g/mol. The number of nitrogens with zero attached hydrogens (tertiary/aromatic N) is 2. The van der Waals surface area contributed by atoms with Crippen LogP contribution in [0.5, 0.6) is 0 Å². The Morgan fingerprint density at radius 3 is 2.06 bits per heavy atom. The van der Waals surface area contributed by atoms with Crippen molar-refractivity contribution in [3.63, 3.8) is 0 Å². The van der Waals surface area contributed by atoms with Crippen molar-refractivity contribution in [2.24, 2.45) is 17.6 Å². The monoisotopic (exact) mass is 676 g/mol. The number of urea groups is 1. The first-order valence-corrected chi connectivity index (χ1v) is 16.9. The van der Waals surface area contributed by atoms with Gasteiger partial charge in [-0.15, -0.1) is 0 Å². The van der Waals surface area contributed by atoms with Gasteiger partial charge in [0.1, 0.15) is 23.7 Å². The third kappa shape index (κ3) is 15.4. The van der Waals surface area contributed by atoms with Gasteiger partial charge >= 0.3 is 18.1 Å². The molecule has 0 bridgehead atoms. The van der Waals surface area contributed by atoms with Crippen molar-refractivity contribution in [2.45, 2.75) is 111 Å². The predicted octanol–water partition coefficient (Wildman–Crippen LogP) is 3.97. The maximum Gasteiger partial charge on any atom is 0.408 e. The average Bonchev–Trinajstić information content (AvgIpc) is 2.98. The highest BCUT2D eigenvalue weighted by atomic mass is 16.6. The highest BCUT2D eigenvalue weighted by molar-refractivity contribution is 5.99. The summed E-state index contributed by atoms with van der Waals surface area (Å²) in [6.07, 6.45) is 2.34. The number of likely N-dealkylation sites (N-methyl/N-ethyl adjacent to an activating group) is 2. The van der Waals surface area contributed by atoms with Gasteiger partial charge in [-0.25, -0.2) is 9.59 Å². The van der Waals surface area contributed by atoms with E-state index in [4.69, 9.17) is 15.2 Å². The van der Waals surface area contributed by atoms with Crippen LogP contribution in [0.2, 0.25) is 0 Å². The molecule has 13 heteroatoms. The van der Waals surface area contributed by atoms with E-state index in [0.29, 0.717) is 31.7 Å². The van der Waals surface area contributed by atoms with Crippen LogP contribution in [-0.4, -0.2) is 92.3 Å². The molecule has 0 unspecified atom stereocenters. The molecule has 0 aliphatic rings. The first kappa shape index (κ1) is 42.2. The Labute approximate surface area is 287 Å². The van der Waals surface area contributed by atoms with Gasteiger partial charge in [-0.1, -0.05) is 53.2 Å². The molecule has 0 saturated carbocycles. The summed E-state index contributed by atoms with van der Waals surface area (Å²) in [4.78, 5) is 67.0. The molecule has 0 heterocycles. The number of carbonyl (C=O) groups excluding carboxylic acids is 5. The van der Waals surface area contributed by atoms with Crippen LogP contribution in [0, 0.1) is 11.8 Å². The van der Waals surface area contributed by atoms with Gasteiger partial charge in [-0.2, -0.15) is 0 Å². The lowest BCUT2D eigenvalue weighted by Crippen LogP contribution is -2.56. The maximum absolute atomic E-state index is 13.7. The van der Waals surface area contributed by atoms with E-state index in [0.717, 1.165) is 18.4 Å². The molecule has 13 nitrogen and oxygen atoms in total. The number of esters is 1. The second kappa shape index (κ2) is 20.5. The quantitative estimate of drug-likeness (QED) is 0.126. The van der Waals surface area contributed by atoms with Gasteiger partial charge in [0.15, 0.2) is 0 Å². The molecule has 1 aromatic carbocycles. The molecular weight excluding hydrogens is 616 g/mol. The number of amides is 5. The van der Waals surface area contributed by atoms with E-state index in [1.54, 1.807) is 41.7 Å². The number of rotatable bonds is 19. The molecule has 0 saturated heterocycles. The lowest BCUT2D eigenvalue weighted by molar-refractivity contribution is -0.151. The summed E-state index contributed by atoms with van der Waals surface area (Å²) < 4.78 is 10.8. The summed E-state index contributed by atoms with van der Waals surface area (Å²) in [5, 5.41) is 7.92. The molecule has 5 amide bonds. The molecule has 1 aromatic rings. The largest absolute Gasteiger partial charge is 0.465 e. The number of hydrogen-bond donors (Lipinski definition) is 4. The Balaban J connectivity index is 3.03. The highest BCUT2D eigenvalue weighted by Gasteiger charge is 2.32. The van der Waals surface area contributed by atoms with Gasteiger partial charge in [0.05, 0.1) is 6.61 Å². The van der Waals surface area contributed by atoms with Crippen LogP contribution in [0.15, 0.2) is 24.3 Å². The van der Waals surface area contributed by atoms with E-state index in [1.807, 2.05) is 50.1 Å². The summed E-state index contributed by atoms with van der Waals surface area (Å²) in [6.45, 7) is 16.1. The lowest BCUT2D eigenvalue weighted by atomic mass is 10.0. The van der Waals surface area contributed by atoms with Crippen LogP contribution in [0.3, 0.4) is 0 Å². The molecule has 0 aliphatic carbocycles. The van der Waals surface area contributed by atoms with E-state index >= 15 is 0 Å². The van der Waals surface area contributed by atoms with Crippen LogP contribution in [-0.2, 0) is 30.3 Å². The lowest BCUT2D eigenvalue weighted by Gasteiger charge is -2.29. The minimum absolute atomic E-state index is 0.0927. The third-order valence-corrected chi connectivity index (χ3v) is 7.70. The molecule has 48 heavy (non-hydrogen) atoms. The Kier molecular flexibility index (Phi) is 18.0. The van der Waals surface area contributed by atoms with Gasteiger partial charge < -0.3 is 36.1 Å². The highest BCUT2D eigenvalue weighted by Crippen LogP contribution is 2.18. The summed E-state index contributed by atoms with van der Waals surface area (Å²) in [6, 6.07) is 4.61. The number of unbranched alkanes of at least 4 members (excludes halogenated alkanes) is 1. The van der Waals surface area contributed by atoms with Crippen molar-refractivity contribution in [1.82, 2.24) is 20.9 Å². The number of carbonyl (C=O) groups is 5. The number of benzene rings is 1. The topological polar surface area (TPSA) is 172 Å². The number of hydrogen-bond acceptors (Lipinski definition) is 8. The maximum atomic E-state index is 13.7. The number of nitrogens with two attached hydrogens (primary N) is 1. The van der Waals surface area contributed by atoms with Crippen LogP contribution >= 0.6 is 0 Å². The number of nitrogens with one attached hydrogen (secondary N) is 3. The molecule has 3 atom stereocenters. The molecule has 0 radical (unpaired) electrons. The van der Waals surface area contributed by atoms with Crippen molar-refractivity contribution in [1.29, 1.82) is 0 Å². The second-order valence-electron chi connectivity index (χ2n) is 13.9. The third-order valence-electron chi connectivity index (χ3n) is 7.70. The predicted molar refractivity (Wildman–Crippen MR) is 187 cm³/mol. The SMILES string of the molecule is CCCCOC(=O)[C@H](C(C)C)N(C)CCc1ccc(N(C)C(=O)[C@H](CCCNC(N)=O)NC(=O)[C@@H](NC(=O)OC(C)(C)C)C(C)C)cc1. The van der Waals surface area contributed by atoms with E-state index < -0.39 is 35.7 Å². The molecule has 0 spiro atoms. The van der Waals surface area contributed by atoms with E-state index in [1.165, 1.54) is 4.90 Å². The van der Waals surface area contributed by atoms with Gasteiger partial charge in [0.25, 0.3) is 0 Å². The summed E-state index contributed by atoms with van der Waals surface area (Å²) in [5.41, 5.74) is 6.09. The van der Waals surface area contributed by atoms with Crippen LogP contribution in [0.4, 0.5) is 15.3 Å². The zero-order valence-electron chi connectivity index (χ0n) is 30.7. The first-order valence-electron chi connectivity index (χ1n) is 16.9. The van der Waals surface area contributed by atoms with Crippen molar-refractivity contribution >= 4 is 35.6 Å². The molecule has 272 valence electrons. The minimum atomic E-state index is -0.949. The molecule has 5 N–H and O–H groups in total. The van der Waals surface area contributed by atoms with Crippen molar-refractivity contribution in [3.05, 3.63) is 29.8 Å². The first-order chi connectivity index (χ1) is 22.4. The molecule has 0 fully saturated rings. The van der Waals surface area contributed by atoms with Crippen molar-refractivity contribution < 1.29 is 33.4 Å². The number of ether oxygens (including phenoxy) is 2. The summed E-state index contributed by atoms with van der Waals surface area (Å²) in [7, 11) is 3.55. The molecular formula is C35H60N6O7. The van der Waals surface area contributed by atoms with Crippen molar-refractivity contribution in [2.75, 3.05) is 38.7 Å². The smallest absolute Gasteiger partial charge is 0.408 e. The van der Waals surface area contributed by atoms with Crippen LogP contribution < -0.4 is 26.6 Å². The second-order valence-corrected chi connectivity index (χ2v) is 13.9. The van der Waals surface area contributed by atoms with Gasteiger partial charge in [0, 0.05) is 25.8 Å². The Hall–Kier alpha value is -3.87. The standard InChI is InChI=1S/C35H60N6O7/c1-11-12-22-47-32(44)29(24(4)5)40(9)21-19-25-15-17-26(18-16-25)41(10)31(43)27(14-13-20-37-33(36)45)38-30(42)28(23(2)3)39-34(46)48-35(6,7)8/h15-18,23-24,27-29H,11-14,19-22H2,1-10H3,(H,38,42)(H,39,46)(H3,36,37,45)/t27-,28-,29-/m0/s1. The minimum Gasteiger partial charge on any atom is -0.465 e. The van der Waals surface area contributed by atoms with Crippen molar-refractivity contribution in [3.8, 4) is 0 Å². The molecule has 0 aliphatic heterocycles. The number of primary amides is 1. The fourth-order valence-electron chi connectivity index (χ4n) is 5.06. The van der Waals surface area contributed by atoms with E-state index in [-0.39, 0.29) is 42.7 Å². The van der Waals surface area contributed by atoms with E-state index in [9.17, 15) is 24.0 Å². The summed E-state index contributed by atoms with van der Waals surface area (Å²) >= 11 is 0. The zero-order chi connectivity index (χ0) is 36.6. The normalized spacial score (nSPS) is 13.4. The summed E-state index contributed by atoms with van der Waals surface area (Å²) in [5.74, 6) is -1.30. The number of anilines is 1. The number of alkyl carbamates (subject to hydrolysis) is 1. The Bertz CT molecular complexity index is 1180. The molecule has 1 rings (SSSR count). The van der Waals surface area contributed by atoms with Gasteiger partial charge in [-0.05, 0) is 83.0 Å². The molecule has 0 aromatic heterocycles.